The summed E-state index contributed by atoms with van der Waals surface area (Å²) in [6.45, 7) is 0.628. The largest absolute Gasteiger partial charge is 0.296 e. The van der Waals surface area contributed by atoms with Crippen LogP contribution < -0.4 is 4.90 Å². The number of alkyl halides is 1. The Bertz CT molecular complexity index is 427. The van der Waals surface area contributed by atoms with Gasteiger partial charge in [0, 0.05) is 18.8 Å². The normalized spacial score (nSPS) is 20.6. The van der Waals surface area contributed by atoms with Crippen LogP contribution in [-0.4, -0.2) is 23.3 Å². The summed E-state index contributed by atoms with van der Waals surface area (Å²) < 4.78 is 0.550. The highest BCUT2D eigenvalue weighted by Crippen LogP contribution is 2.28. The number of nitrogens with zero attached hydrogens (tertiary/aromatic N) is 2. The summed E-state index contributed by atoms with van der Waals surface area (Å²) in [5.74, 6) is 1.39. The third-order valence-electron chi connectivity index (χ3n) is 2.49. The first-order chi connectivity index (χ1) is 7.61. The van der Waals surface area contributed by atoms with Crippen LogP contribution in [0.2, 0.25) is 5.02 Å². The van der Waals surface area contributed by atoms with Gasteiger partial charge in [-0.15, -0.1) is 11.6 Å². The SMILES string of the molecule is O=C1CC(CCl)CN1c1ccc(Cl)c(Br)n1. The first kappa shape index (κ1) is 12.1. The fourth-order valence-electron chi connectivity index (χ4n) is 1.66. The number of hydrogen-bond donors (Lipinski definition) is 0. The Hall–Kier alpha value is -0.320. The van der Waals surface area contributed by atoms with E-state index in [1.54, 1.807) is 17.0 Å². The molecule has 2 rings (SSSR count). The zero-order valence-corrected chi connectivity index (χ0v) is 11.4. The van der Waals surface area contributed by atoms with Gasteiger partial charge in [0.2, 0.25) is 5.91 Å². The number of halogens is 3. The Morgan fingerprint density at radius 2 is 2.31 bits per heavy atom. The molecule has 0 aromatic carbocycles. The molecule has 0 radical (unpaired) electrons. The summed E-state index contributed by atoms with van der Waals surface area (Å²) >= 11 is 14.8. The van der Waals surface area contributed by atoms with E-state index in [4.69, 9.17) is 23.2 Å². The van der Waals surface area contributed by atoms with Crippen LogP contribution in [0, 0.1) is 5.92 Å². The molecule has 0 spiro atoms. The Labute approximate surface area is 112 Å². The smallest absolute Gasteiger partial charge is 0.228 e. The Morgan fingerprint density at radius 1 is 1.56 bits per heavy atom. The summed E-state index contributed by atoms with van der Waals surface area (Å²) in [5, 5.41) is 0.532. The summed E-state index contributed by atoms with van der Waals surface area (Å²) in [4.78, 5) is 17.6. The molecular weight excluding hydrogens is 315 g/mol. The van der Waals surface area contributed by atoms with Gasteiger partial charge in [0.25, 0.3) is 0 Å². The zero-order valence-electron chi connectivity index (χ0n) is 8.29. The quantitative estimate of drug-likeness (QED) is 0.619. The lowest BCUT2D eigenvalue weighted by molar-refractivity contribution is -0.117. The van der Waals surface area contributed by atoms with Gasteiger partial charge in [-0.3, -0.25) is 9.69 Å². The molecule has 0 N–H and O–H groups in total. The standard InChI is InChI=1S/C10H9BrCl2N2O/c11-10-7(13)1-2-8(14-10)15-5-6(4-12)3-9(15)16/h1-2,6H,3-5H2. The van der Waals surface area contributed by atoms with Crippen LogP contribution in [0.3, 0.4) is 0 Å². The van der Waals surface area contributed by atoms with Crippen LogP contribution in [0.1, 0.15) is 6.42 Å². The van der Waals surface area contributed by atoms with Crippen molar-refractivity contribution in [2.24, 2.45) is 5.92 Å². The summed E-state index contributed by atoms with van der Waals surface area (Å²) in [6, 6.07) is 3.46. The number of pyridine rings is 1. The van der Waals surface area contributed by atoms with Crippen LogP contribution in [0.25, 0.3) is 0 Å². The monoisotopic (exact) mass is 322 g/mol. The van der Waals surface area contributed by atoms with Crippen molar-refractivity contribution in [3.05, 3.63) is 21.8 Å². The molecule has 1 aromatic rings. The molecular formula is C10H9BrCl2N2O. The Morgan fingerprint density at radius 3 is 2.88 bits per heavy atom. The number of carbonyl (C=O) groups is 1. The fourth-order valence-corrected chi connectivity index (χ4v) is 2.29. The van der Waals surface area contributed by atoms with E-state index in [-0.39, 0.29) is 11.8 Å². The van der Waals surface area contributed by atoms with Gasteiger partial charge in [-0.2, -0.15) is 0 Å². The zero-order chi connectivity index (χ0) is 11.7. The topological polar surface area (TPSA) is 33.2 Å². The van der Waals surface area contributed by atoms with E-state index < -0.39 is 0 Å². The highest BCUT2D eigenvalue weighted by atomic mass is 79.9. The molecule has 3 nitrogen and oxygen atoms in total. The molecule has 1 saturated heterocycles. The fraction of sp³-hybridized carbons (Fsp3) is 0.400. The highest BCUT2D eigenvalue weighted by molar-refractivity contribution is 9.10. The molecule has 0 saturated carbocycles. The van der Waals surface area contributed by atoms with Crippen LogP contribution in [0.5, 0.6) is 0 Å². The van der Waals surface area contributed by atoms with E-state index in [0.29, 0.717) is 34.3 Å². The predicted molar refractivity (Wildman–Crippen MR) is 68.1 cm³/mol. The number of carbonyl (C=O) groups excluding carboxylic acids is 1. The van der Waals surface area contributed by atoms with Gasteiger partial charge in [0.1, 0.15) is 10.4 Å². The number of aromatic nitrogens is 1. The Balaban J connectivity index is 2.24. The van der Waals surface area contributed by atoms with Crippen molar-refractivity contribution in [1.82, 2.24) is 4.98 Å². The number of amides is 1. The van der Waals surface area contributed by atoms with Crippen molar-refractivity contribution >= 4 is 50.9 Å². The maximum Gasteiger partial charge on any atom is 0.228 e. The van der Waals surface area contributed by atoms with E-state index >= 15 is 0 Å². The first-order valence-corrected chi connectivity index (χ1v) is 6.50. The van der Waals surface area contributed by atoms with E-state index in [1.165, 1.54) is 0 Å². The van der Waals surface area contributed by atoms with Gasteiger partial charge in [0.15, 0.2) is 0 Å². The molecule has 1 atom stereocenters. The molecule has 0 aliphatic carbocycles. The van der Waals surface area contributed by atoms with Crippen molar-refractivity contribution in [3.63, 3.8) is 0 Å². The number of anilines is 1. The average Bonchev–Trinajstić information content (AvgIpc) is 2.64. The maximum atomic E-state index is 11.7. The van der Waals surface area contributed by atoms with Crippen LogP contribution in [0.4, 0.5) is 5.82 Å². The molecule has 2 heterocycles. The minimum atomic E-state index is 0.0624. The minimum Gasteiger partial charge on any atom is -0.296 e. The molecule has 1 aliphatic rings. The third-order valence-corrected chi connectivity index (χ3v) is 4.06. The minimum absolute atomic E-state index is 0.0624. The van der Waals surface area contributed by atoms with Crippen molar-refractivity contribution in [2.45, 2.75) is 6.42 Å². The van der Waals surface area contributed by atoms with E-state index in [9.17, 15) is 4.79 Å². The third kappa shape index (κ3) is 2.34. The van der Waals surface area contributed by atoms with Gasteiger partial charge >= 0.3 is 0 Å². The Kier molecular flexibility index (Phi) is 3.72. The lowest BCUT2D eigenvalue weighted by atomic mass is 10.1. The molecule has 86 valence electrons. The van der Waals surface area contributed by atoms with Gasteiger partial charge in [-0.1, -0.05) is 11.6 Å². The van der Waals surface area contributed by atoms with Gasteiger partial charge in [0.05, 0.1) is 5.02 Å². The van der Waals surface area contributed by atoms with Gasteiger partial charge < -0.3 is 0 Å². The first-order valence-electron chi connectivity index (χ1n) is 4.80. The van der Waals surface area contributed by atoms with Crippen molar-refractivity contribution in [2.75, 3.05) is 17.3 Å². The highest BCUT2D eigenvalue weighted by Gasteiger charge is 2.30. The number of rotatable bonds is 2. The molecule has 16 heavy (non-hydrogen) atoms. The molecule has 1 amide bonds. The molecule has 1 aromatic heterocycles. The second kappa shape index (κ2) is 4.90. The van der Waals surface area contributed by atoms with Crippen molar-refractivity contribution in [3.8, 4) is 0 Å². The van der Waals surface area contributed by atoms with Gasteiger partial charge in [-0.05, 0) is 34.0 Å². The molecule has 6 heteroatoms. The van der Waals surface area contributed by atoms with E-state index in [0.717, 1.165) is 0 Å². The maximum absolute atomic E-state index is 11.7. The van der Waals surface area contributed by atoms with Crippen molar-refractivity contribution < 1.29 is 4.79 Å². The van der Waals surface area contributed by atoms with E-state index in [1.807, 2.05) is 0 Å². The molecule has 1 aliphatic heterocycles. The molecule has 1 fully saturated rings. The lowest BCUT2D eigenvalue weighted by Gasteiger charge is -2.15. The second-order valence-electron chi connectivity index (χ2n) is 3.67. The average molecular weight is 324 g/mol. The van der Waals surface area contributed by atoms with E-state index in [2.05, 4.69) is 20.9 Å². The number of hydrogen-bond acceptors (Lipinski definition) is 2. The predicted octanol–water partition coefficient (Wildman–Crippen LogP) is 3.09. The van der Waals surface area contributed by atoms with Crippen molar-refractivity contribution in [1.29, 1.82) is 0 Å². The summed E-state index contributed by atoms with van der Waals surface area (Å²) in [5.41, 5.74) is 0. The summed E-state index contributed by atoms with van der Waals surface area (Å²) in [6.07, 6.45) is 0.491. The molecule has 0 bridgehead atoms. The molecule has 1 unspecified atom stereocenters. The van der Waals surface area contributed by atoms with Crippen LogP contribution >= 0.6 is 39.1 Å². The lowest BCUT2D eigenvalue weighted by Crippen LogP contribution is -2.25. The second-order valence-corrected chi connectivity index (χ2v) is 5.14. The van der Waals surface area contributed by atoms with Crippen LogP contribution in [-0.2, 0) is 4.79 Å². The summed E-state index contributed by atoms with van der Waals surface area (Å²) in [7, 11) is 0. The van der Waals surface area contributed by atoms with Crippen LogP contribution in [0.15, 0.2) is 16.7 Å². The van der Waals surface area contributed by atoms with Gasteiger partial charge in [-0.25, -0.2) is 4.98 Å².